The maximum absolute atomic E-state index is 12.6. The molecule has 2 aromatic rings. The monoisotopic (exact) mass is 521 g/mol. The number of hydrogen-bond acceptors (Lipinski definition) is 5. The van der Waals surface area contributed by atoms with E-state index in [1.165, 1.54) is 24.3 Å². The van der Waals surface area contributed by atoms with Gasteiger partial charge < -0.3 is 19.5 Å². The molecule has 0 radical (unpaired) electrons. The topological polar surface area (TPSA) is 56.8 Å². The molecule has 1 aliphatic rings. The van der Waals surface area contributed by atoms with Gasteiger partial charge in [0.25, 0.3) is 0 Å². The van der Waals surface area contributed by atoms with Gasteiger partial charge in [0.1, 0.15) is 11.8 Å². The third kappa shape index (κ3) is 10.4. The fourth-order valence-corrected chi connectivity index (χ4v) is 3.53. The number of benzene rings is 2. The zero-order valence-electron chi connectivity index (χ0n) is 20.1. The predicted octanol–water partition coefficient (Wildman–Crippen LogP) is 5.70. The van der Waals surface area contributed by atoms with E-state index in [1.54, 1.807) is 26.1 Å². The molecule has 3 atom stereocenters. The molecule has 0 saturated carbocycles. The number of halogens is 6. The second-order valence-electron chi connectivity index (χ2n) is 8.49. The molecule has 0 bridgehead atoms. The van der Waals surface area contributed by atoms with Crippen molar-refractivity contribution in [3.63, 3.8) is 0 Å². The normalized spacial score (nSPS) is 21.2. The summed E-state index contributed by atoms with van der Waals surface area (Å²) in [5.74, 6) is -0.464. The van der Waals surface area contributed by atoms with Crippen LogP contribution < -0.4 is 10.1 Å². The number of hydrogen-bond donors (Lipinski definition) is 1. The number of rotatable bonds is 4. The second kappa shape index (κ2) is 13.0. The summed E-state index contributed by atoms with van der Waals surface area (Å²) in [6.45, 7) is 4.25. The Labute approximate surface area is 205 Å². The minimum atomic E-state index is -4.60. The number of carbonyl (C=O) groups is 1. The van der Waals surface area contributed by atoms with Crippen molar-refractivity contribution < 1.29 is 45.3 Å². The molecule has 0 aromatic heterocycles. The Kier molecular flexibility index (Phi) is 10.6. The van der Waals surface area contributed by atoms with Crippen LogP contribution in [0, 0.1) is 12.8 Å². The molecule has 1 N–H and O–H groups in total. The van der Waals surface area contributed by atoms with Crippen molar-refractivity contribution in [3.05, 3.63) is 65.2 Å². The third-order valence-electron chi connectivity index (χ3n) is 5.31. The van der Waals surface area contributed by atoms with E-state index in [2.05, 4.69) is 10.1 Å². The van der Waals surface area contributed by atoms with E-state index in [0.29, 0.717) is 19.4 Å². The first-order valence-corrected chi connectivity index (χ1v) is 11.2. The molecule has 2 aromatic carbocycles. The number of ether oxygens (including phenoxy) is 3. The van der Waals surface area contributed by atoms with Gasteiger partial charge in [0.05, 0.1) is 18.3 Å². The minimum Gasteiger partial charge on any atom is -0.461 e. The van der Waals surface area contributed by atoms with Crippen LogP contribution in [0.4, 0.5) is 26.3 Å². The van der Waals surface area contributed by atoms with E-state index in [9.17, 15) is 31.1 Å². The van der Waals surface area contributed by atoms with Crippen LogP contribution in [0.3, 0.4) is 0 Å². The molecule has 1 saturated heterocycles. The van der Waals surface area contributed by atoms with Crippen molar-refractivity contribution in [3.8, 4) is 5.75 Å². The molecular formula is C25H29F6NO4. The maximum atomic E-state index is 12.6. The number of likely N-dealkylation sites (N-methyl/N-ethyl adjacent to an activating group) is 1. The van der Waals surface area contributed by atoms with Crippen LogP contribution in [-0.4, -0.2) is 44.7 Å². The Hall–Kier alpha value is -2.79. The van der Waals surface area contributed by atoms with Gasteiger partial charge in [-0.05, 0) is 69.5 Å². The lowest BCUT2D eigenvalue weighted by molar-refractivity contribution is -0.274. The fraction of sp³-hybridized carbons (Fsp3) is 0.480. The van der Waals surface area contributed by atoms with Gasteiger partial charge in [-0.25, -0.2) is 0 Å². The quantitative estimate of drug-likeness (QED) is 0.414. The molecule has 1 fully saturated rings. The van der Waals surface area contributed by atoms with Crippen LogP contribution in [-0.2, 0) is 26.9 Å². The van der Waals surface area contributed by atoms with Gasteiger partial charge in [0.2, 0.25) is 0 Å². The molecule has 11 heteroatoms. The highest BCUT2D eigenvalue weighted by Gasteiger charge is 2.31. The Morgan fingerprint density at radius 1 is 0.972 bits per heavy atom. The van der Waals surface area contributed by atoms with Gasteiger partial charge in [-0.1, -0.05) is 29.8 Å². The average Bonchev–Trinajstić information content (AvgIpc) is 2.83. The molecule has 3 rings (SSSR count). The number of nitrogens with one attached hydrogen (secondary N) is 1. The molecule has 0 aliphatic carbocycles. The molecule has 36 heavy (non-hydrogen) atoms. The lowest BCUT2D eigenvalue weighted by atomic mass is 9.94. The number of cyclic esters (lactones) is 1. The summed E-state index contributed by atoms with van der Waals surface area (Å²) in [5.41, 5.74) is 1.04. The first-order chi connectivity index (χ1) is 16.8. The number of esters is 1. The van der Waals surface area contributed by atoms with Crippen LogP contribution in [0.25, 0.3) is 0 Å². The molecule has 200 valence electrons. The Bertz CT molecular complexity index is 945. The summed E-state index contributed by atoms with van der Waals surface area (Å²) >= 11 is 0. The van der Waals surface area contributed by atoms with Gasteiger partial charge in [0.15, 0.2) is 0 Å². The first-order valence-electron chi connectivity index (χ1n) is 11.2. The predicted molar refractivity (Wildman–Crippen MR) is 120 cm³/mol. The summed E-state index contributed by atoms with van der Waals surface area (Å²) in [6, 6.07) is 10.3. The zero-order chi connectivity index (χ0) is 26.9. The highest BCUT2D eigenvalue weighted by Crippen LogP contribution is 2.30. The molecule has 5 nitrogen and oxygen atoms in total. The van der Waals surface area contributed by atoms with Gasteiger partial charge in [-0.2, -0.15) is 13.2 Å². The largest absolute Gasteiger partial charge is 0.573 e. The number of alkyl halides is 6. The van der Waals surface area contributed by atoms with Crippen molar-refractivity contribution in [2.24, 2.45) is 5.92 Å². The first kappa shape index (κ1) is 29.4. The number of carbonyl (C=O) groups excluding carboxylic acids is 1. The second-order valence-corrected chi connectivity index (χ2v) is 8.49. The van der Waals surface area contributed by atoms with E-state index in [4.69, 9.17) is 9.47 Å². The summed E-state index contributed by atoms with van der Waals surface area (Å²) in [5, 5.41) is 2.85. The van der Waals surface area contributed by atoms with Crippen molar-refractivity contribution in [1.82, 2.24) is 5.32 Å². The minimum absolute atomic E-state index is 0.0696. The van der Waals surface area contributed by atoms with E-state index < -0.39 is 24.1 Å². The summed E-state index contributed by atoms with van der Waals surface area (Å²) in [6.07, 6.45) is -8.03. The van der Waals surface area contributed by atoms with E-state index in [1.807, 2.05) is 6.92 Å². The highest BCUT2D eigenvalue weighted by molar-refractivity contribution is 5.76. The van der Waals surface area contributed by atoms with Gasteiger partial charge in [-0.15, -0.1) is 13.2 Å². The zero-order valence-corrected chi connectivity index (χ0v) is 20.1. The van der Waals surface area contributed by atoms with Gasteiger partial charge in [0, 0.05) is 6.61 Å². The van der Waals surface area contributed by atoms with Gasteiger partial charge >= 0.3 is 18.5 Å². The summed E-state index contributed by atoms with van der Waals surface area (Å²) < 4.78 is 87.3. The molecule has 2 unspecified atom stereocenters. The summed E-state index contributed by atoms with van der Waals surface area (Å²) in [7, 11) is 1.66. The van der Waals surface area contributed by atoms with Crippen LogP contribution in [0.5, 0.6) is 5.75 Å². The Balaban J connectivity index is 0.000000319. The maximum Gasteiger partial charge on any atom is 0.573 e. The van der Waals surface area contributed by atoms with Crippen LogP contribution >= 0.6 is 0 Å². The Morgan fingerprint density at radius 3 is 2.11 bits per heavy atom. The standard InChI is InChI=1S/C17H22F3NO3.C8H7F3O/c1-11-7-13(9-23-10-15(21-2)16(22)24-11)8-12-3-5-14(6-4-12)17(18,19)20;1-6-2-4-7(5-3-6)12-8(9,10)11/h3-6,11,13,15,21H,7-10H2,1-2H3;2-5H,1H3/t11?,13?,15-;/m0./s1. The molecular weight excluding hydrogens is 492 g/mol. The molecule has 0 spiro atoms. The van der Waals surface area contributed by atoms with Crippen molar-refractivity contribution in [1.29, 1.82) is 0 Å². The van der Waals surface area contributed by atoms with Crippen LogP contribution in [0.15, 0.2) is 48.5 Å². The smallest absolute Gasteiger partial charge is 0.461 e. The Morgan fingerprint density at radius 2 is 1.58 bits per heavy atom. The lowest BCUT2D eigenvalue weighted by Gasteiger charge is -2.19. The van der Waals surface area contributed by atoms with Gasteiger partial charge in [-0.3, -0.25) is 4.79 Å². The van der Waals surface area contributed by atoms with E-state index in [-0.39, 0.29) is 30.3 Å². The average molecular weight is 521 g/mol. The third-order valence-corrected chi connectivity index (χ3v) is 5.31. The highest BCUT2D eigenvalue weighted by atomic mass is 19.4. The molecule has 1 aliphatic heterocycles. The number of aryl methyl sites for hydroxylation is 1. The van der Waals surface area contributed by atoms with E-state index in [0.717, 1.165) is 23.3 Å². The van der Waals surface area contributed by atoms with Crippen molar-refractivity contribution in [2.75, 3.05) is 20.3 Å². The molecule has 1 heterocycles. The lowest BCUT2D eigenvalue weighted by Crippen LogP contribution is -2.40. The SMILES string of the molecule is CN[C@H]1COCC(Cc2ccc(C(F)(F)F)cc2)CC(C)OC1=O.Cc1ccc(OC(F)(F)F)cc1. The fourth-order valence-electron chi connectivity index (χ4n) is 3.53. The van der Waals surface area contributed by atoms with E-state index >= 15 is 0 Å². The molecule has 0 amide bonds. The van der Waals surface area contributed by atoms with Crippen molar-refractivity contribution >= 4 is 5.97 Å². The van der Waals surface area contributed by atoms with Crippen LogP contribution in [0.1, 0.15) is 30.0 Å². The van der Waals surface area contributed by atoms with Crippen LogP contribution in [0.2, 0.25) is 0 Å². The van der Waals surface area contributed by atoms with Crippen molar-refractivity contribution in [2.45, 2.75) is 51.4 Å². The summed E-state index contributed by atoms with van der Waals surface area (Å²) in [4.78, 5) is 11.9.